The van der Waals surface area contributed by atoms with Crippen molar-refractivity contribution >= 4 is 33.2 Å². The lowest BCUT2D eigenvalue weighted by Crippen LogP contribution is -2.27. The second kappa shape index (κ2) is 7.96. The maximum absolute atomic E-state index is 12.6. The first-order valence-electron chi connectivity index (χ1n) is 9.78. The molecule has 0 saturated carbocycles. The number of nitrogens with one attached hydrogen (secondary N) is 2. The number of hydrogen-bond acceptors (Lipinski definition) is 4. The van der Waals surface area contributed by atoms with E-state index in [1.54, 1.807) is 30.3 Å². The van der Waals surface area contributed by atoms with E-state index in [0.29, 0.717) is 30.8 Å². The number of carbonyl (C=O) groups excluding carboxylic acids is 2. The topological polar surface area (TPSA) is 95.6 Å². The number of aryl methyl sites for hydroxylation is 1. The first kappa shape index (κ1) is 19.6. The minimum Gasteiger partial charge on any atom is -0.326 e. The summed E-state index contributed by atoms with van der Waals surface area (Å²) >= 11 is 0. The van der Waals surface area contributed by atoms with Crippen LogP contribution in [-0.2, 0) is 21.2 Å². The van der Waals surface area contributed by atoms with Crippen molar-refractivity contribution in [2.75, 3.05) is 23.7 Å². The lowest BCUT2D eigenvalue weighted by atomic mass is 10.0. The molecule has 152 valence electrons. The van der Waals surface area contributed by atoms with E-state index in [0.717, 1.165) is 36.9 Å². The van der Waals surface area contributed by atoms with Crippen LogP contribution in [0, 0.1) is 0 Å². The quantitative estimate of drug-likeness (QED) is 0.805. The SMILES string of the molecule is O=C1CCCc2cc(C(=O)Nc3ccc(S(=O)(=O)N4CCCC4)cc3)ccc2N1. The maximum atomic E-state index is 12.6. The molecule has 4 rings (SSSR count). The Morgan fingerprint density at radius 1 is 0.966 bits per heavy atom. The predicted molar refractivity (Wildman–Crippen MR) is 110 cm³/mol. The van der Waals surface area contributed by atoms with Gasteiger partial charge >= 0.3 is 0 Å². The van der Waals surface area contributed by atoms with Crippen LogP contribution in [0.4, 0.5) is 11.4 Å². The van der Waals surface area contributed by atoms with Crippen molar-refractivity contribution in [3.63, 3.8) is 0 Å². The molecule has 0 unspecified atom stereocenters. The van der Waals surface area contributed by atoms with Crippen LogP contribution >= 0.6 is 0 Å². The molecule has 8 heteroatoms. The number of fused-ring (bicyclic) bond motifs is 1. The predicted octanol–water partition coefficient (Wildman–Crippen LogP) is 3.00. The number of amides is 2. The van der Waals surface area contributed by atoms with Gasteiger partial charge in [0.05, 0.1) is 4.90 Å². The van der Waals surface area contributed by atoms with E-state index in [-0.39, 0.29) is 16.7 Å². The normalized spacial score (nSPS) is 17.3. The zero-order valence-electron chi connectivity index (χ0n) is 16.0. The number of carbonyl (C=O) groups is 2. The van der Waals surface area contributed by atoms with Crippen LogP contribution < -0.4 is 10.6 Å². The molecule has 0 spiro atoms. The van der Waals surface area contributed by atoms with Crippen LogP contribution in [0.25, 0.3) is 0 Å². The fourth-order valence-electron chi connectivity index (χ4n) is 3.71. The summed E-state index contributed by atoms with van der Waals surface area (Å²) in [6, 6.07) is 11.5. The second-order valence-corrected chi connectivity index (χ2v) is 9.30. The molecule has 0 atom stereocenters. The van der Waals surface area contributed by atoms with E-state index in [4.69, 9.17) is 0 Å². The Kier molecular flexibility index (Phi) is 5.38. The molecule has 0 aliphatic carbocycles. The summed E-state index contributed by atoms with van der Waals surface area (Å²) in [5.41, 5.74) is 2.71. The molecule has 2 aromatic rings. The van der Waals surface area contributed by atoms with E-state index < -0.39 is 10.0 Å². The molecule has 2 aliphatic rings. The molecule has 2 amide bonds. The van der Waals surface area contributed by atoms with Gasteiger partial charge in [0.25, 0.3) is 5.91 Å². The molecule has 0 bridgehead atoms. The lowest BCUT2D eigenvalue weighted by molar-refractivity contribution is -0.116. The molecule has 0 radical (unpaired) electrons. The molecule has 2 aliphatic heterocycles. The molecule has 2 heterocycles. The molecular weight excluding hydrogens is 390 g/mol. The molecule has 0 aromatic heterocycles. The number of hydrogen-bond donors (Lipinski definition) is 2. The Morgan fingerprint density at radius 3 is 2.41 bits per heavy atom. The zero-order chi connectivity index (χ0) is 20.4. The number of anilines is 2. The Bertz CT molecular complexity index is 1040. The van der Waals surface area contributed by atoms with Gasteiger partial charge in [0.15, 0.2) is 0 Å². The Balaban J connectivity index is 1.47. The second-order valence-electron chi connectivity index (χ2n) is 7.36. The Hall–Kier alpha value is -2.71. The monoisotopic (exact) mass is 413 g/mol. The van der Waals surface area contributed by atoms with E-state index in [9.17, 15) is 18.0 Å². The van der Waals surface area contributed by atoms with Crippen molar-refractivity contribution in [3.8, 4) is 0 Å². The number of nitrogens with zero attached hydrogens (tertiary/aromatic N) is 1. The molecule has 2 aromatic carbocycles. The van der Waals surface area contributed by atoms with Crippen LogP contribution in [0.3, 0.4) is 0 Å². The molecule has 7 nitrogen and oxygen atoms in total. The van der Waals surface area contributed by atoms with Crippen molar-refractivity contribution in [3.05, 3.63) is 53.6 Å². The molecule has 1 saturated heterocycles. The fraction of sp³-hybridized carbons (Fsp3) is 0.333. The smallest absolute Gasteiger partial charge is 0.255 e. The summed E-state index contributed by atoms with van der Waals surface area (Å²) in [5.74, 6) is -0.288. The summed E-state index contributed by atoms with van der Waals surface area (Å²) in [4.78, 5) is 24.5. The highest BCUT2D eigenvalue weighted by Crippen LogP contribution is 2.25. The first-order valence-corrected chi connectivity index (χ1v) is 11.2. The number of benzene rings is 2. The summed E-state index contributed by atoms with van der Waals surface area (Å²) in [7, 11) is -3.47. The van der Waals surface area contributed by atoms with E-state index in [2.05, 4.69) is 10.6 Å². The van der Waals surface area contributed by atoms with Crippen molar-refractivity contribution < 1.29 is 18.0 Å². The van der Waals surface area contributed by atoms with Gasteiger partial charge in [0.2, 0.25) is 15.9 Å². The van der Waals surface area contributed by atoms with Crippen LogP contribution in [0.5, 0.6) is 0 Å². The van der Waals surface area contributed by atoms with E-state index in [1.165, 1.54) is 16.4 Å². The highest BCUT2D eigenvalue weighted by Gasteiger charge is 2.27. The molecule has 29 heavy (non-hydrogen) atoms. The Labute approximate surface area is 170 Å². The number of sulfonamides is 1. The average molecular weight is 413 g/mol. The highest BCUT2D eigenvalue weighted by molar-refractivity contribution is 7.89. The third-order valence-corrected chi connectivity index (χ3v) is 7.22. The molecular formula is C21H23N3O4S. The summed E-state index contributed by atoms with van der Waals surface area (Å²) in [6.07, 6.45) is 3.73. The standard InChI is InChI=1S/C21H23N3O4S/c25-20-5-3-4-15-14-16(6-11-19(15)23-20)21(26)22-17-7-9-18(10-8-17)29(27,28)24-12-1-2-13-24/h6-11,14H,1-5,12-13H2,(H,22,26)(H,23,25). The molecule has 1 fully saturated rings. The summed E-state index contributed by atoms with van der Waals surface area (Å²) in [5, 5.41) is 5.65. The van der Waals surface area contributed by atoms with Gasteiger partial charge in [-0.05, 0) is 73.7 Å². The maximum Gasteiger partial charge on any atom is 0.255 e. The Morgan fingerprint density at radius 2 is 1.69 bits per heavy atom. The van der Waals surface area contributed by atoms with Gasteiger partial charge in [-0.25, -0.2) is 8.42 Å². The third-order valence-electron chi connectivity index (χ3n) is 5.31. The lowest BCUT2D eigenvalue weighted by Gasteiger charge is -2.15. The zero-order valence-corrected chi connectivity index (χ0v) is 16.8. The minimum atomic E-state index is -3.47. The largest absolute Gasteiger partial charge is 0.326 e. The average Bonchev–Trinajstić information content (AvgIpc) is 3.19. The van der Waals surface area contributed by atoms with Gasteiger partial charge in [-0.2, -0.15) is 4.31 Å². The number of rotatable bonds is 4. The van der Waals surface area contributed by atoms with Gasteiger partial charge in [-0.3, -0.25) is 9.59 Å². The molecule has 2 N–H and O–H groups in total. The van der Waals surface area contributed by atoms with Gasteiger partial charge < -0.3 is 10.6 Å². The minimum absolute atomic E-state index is 0.00933. The van der Waals surface area contributed by atoms with Crippen LogP contribution in [0.2, 0.25) is 0 Å². The third kappa shape index (κ3) is 4.18. The van der Waals surface area contributed by atoms with E-state index in [1.807, 2.05) is 0 Å². The van der Waals surface area contributed by atoms with Crippen molar-refractivity contribution in [1.82, 2.24) is 4.31 Å². The van der Waals surface area contributed by atoms with Crippen molar-refractivity contribution in [2.24, 2.45) is 0 Å². The fourth-order valence-corrected chi connectivity index (χ4v) is 5.22. The van der Waals surface area contributed by atoms with Gasteiger partial charge in [0.1, 0.15) is 0 Å². The van der Waals surface area contributed by atoms with Crippen molar-refractivity contribution in [2.45, 2.75) is 37.0 Å². The van der Waals surface area contributed by atoms with Crippen molar-refractivity contribution in [1.29, 1.82) is 0 Å². The first-order chi connectivity index (χ1) is 13.9. The summed E-state index contributed by atoms with van der Waals surface area (Å²) in [6.45, 7) is 1.11. The van der Waals surface area contributed by atoms with Crippen LogP contribution in [0.1, 0.15) is 41.6 Å². The van der Waals surface area contributed by atoms with Crippen LogP contribution in [0.15, 0.2) is 47.4 Å². The van der Waals surface area contributed by atoms with E-state index >= 15 is 0 Å². The highest BCUT2D eigenvalue weighted by atomic mass is 32.2. The van der Waals surface area contributed by atoms with Gasteiger partial charge in [0, 0.05) is 36.4 Å². The summed E-state index contributed by atoms with van der Waals surface area (Å²) < 4.78 is 26.7. The van der Waals surface area contributed by atoms with Gasteiger partial charge in [-0.1, -0.05) is 0 Å². The van der Waals surface area contributed by atoms with Gasteiger partial charge in [-0.15, -0.1) is 0 Å². The van der Waals surface area contributed by atoms with Crippen LogP contribution in [-0.4, -0.2) is 37.6 Å².